The zero-order valence-electron chi connectivity index (χ0n) is 26.5. The van der Waals surface area contributed by atoms with Crippen molar-refractivity contribution in [3.05, 3.63) is 164 Å². The van der Waals surface area contributed by atoms with Gasteiger partial charge in [-0.1, -0.05) is 96.3 Å². The summed E-state index contributed by atoms with van der Waals surface area (Å²) in [7, 11) is -3.73. The lowest BCUT2D eigenvalue weighted by Crippen LogP contribution is -2.23. The van der Waals surface area contributed by atoms with Crippen LogP contribution in [0.25, 0.3) is 0 Å². The lowest BCUT2D eigenvalue weighted by atomic mass is 10.1. The molecule has 5 nitrogen and oxygen atoms in total. The molecular formula is C42H27N3O2S3. The quantitative estimate of drug-likeness (QED) is 0.182. The van der Waals surface area contributed by atoms with Crippen molar-refractivity contribution in [2.75, 3.05) is 14.7 Å². The van der Waals surface area contributed by atoms with Gasteiger partial charge in [0.1, 0.15) is 0 Å². The third kappa shape index (κ3) is 4.46. The highest BCUT2D eigenvalue weighted by Crippen LogP contribution is 2.57. The molecule has 50 heavy (non-hydrogen) atoms. The molecule has 0 fully saturated rings. The molecule has 3 heterocycles. The number of anilines is 9. The predicted octanol–water partition coefficient (Wildman–Crippen LogP) is 12.2. The van der Waals surface area contributed by atoms with Crippen LogP contribution in [0.15, 0.2) is 193 Å². The van der Waals surface area contributed by atoms with Gasteiger partial charge in [-0.2, -0.15) is 0 Å². The summed E-state index contributed by atoms with van der Waals surface area (Å²) in [5.41, 5.74) is 8.41. The van der Waals surface area contributed by atoms with Crippen molar-refractivity contribution in [3.8, 4) is 0 Å². The molecule has 8 heteroatoms. The Bertz CT molecular complexity index is 2360. The Balaban J connectivity index is 1.29. The summed E-state index contributed by atoms with van der Waals surface area (Å²) in [5, 5.41) is 0. The van der Waals surface area contributed by atoms with Crippen LogP contribution in [-0.2, 0) is 9.84 Å². The standard InChI is InChI=1S/C42H27N3O2S3/c46-50(47)41-23-11-5-17-35(41)45(36-18-6-12-24-42(36)50)30-26-28(43-31-13-1-7-19-37(31)48-38-20-8-2-14-32(38)43)25-29(27-30)44-33-15-3-9-21-39(33)49-40-22-10-4-16-34(40)44/h1-27H. The Morgan fingerprint density at radius 3 is 0.940 bits per heavy atom. The minimum Gasteiger partial charge on any atom is -0.308 e. The van der Waals surface area contributed by atoms with E-state index >= 15 is 0 Å². The molecule has 0 aliphatic carbocycles. The Morgan fingerprint density at radius 1 is 0.340 bits per heavy atom. The van der Waals surface area contributed by atoms with Gasteiger partial charge in [-0.15, -0.1) is 0 Å². The van der Waals surface area contributed by atoms with Crippen LogP contribution in [0.5, 0.6) is 0 Å². The molecule has 7 aromatic rings. The third-order valence-electron chi connectivity index (χ3n) is 9.32. The number of rotatable bonds is 3. The number of sulfone groups is 1. The van der Waals surface area contributed by atoms with Crippen molar-refractivity contribution in [2.45, 2.75) is 29.4 Å². The number of hydrogen-bond donors (Lipinski definition) is 0. The maximum atomic E-state index is 14.0. The van der Waals surface area contributed by atoms with Gasteiger partial charge in [-0.05, 0) is 91.0 Å². The Morgan fingerprint density at radius 2 is 0.600 bits per heavy atom. The predicted molar refractivity (Wildman–Crippen MR) is 204 cm³/mol. The van der Waals surface area contributed by atoms with Crippen molar-refractivity contribution in [1.82, 2.24) is 0 Å². The van der Waals surface area contributed by atoms with Gasteiger partial charge in [0.15, 0.2) is 0 Å². The highest BCUT2D eigenvalue weighted by Gasteiger charge is 2.36. The van der Waals surface area contributed by atoms with Crippen molar-refractivity contribution in [3.63, 3.8) is 0 Å². The maximum absolute atomic E-state index is 14.0. The second-order valence-electron chi connectivity index (χ2n) is 12.2. The van der Waals surface area contributed by atoms with Crippen molar-refractivity contribution in [1.29, 1.82) is 0 Å². The Kier molecular flexibility index (Phi) is 6.68. The Labute approximate surface area is 299 Å². The molecule has 0 N–H and O–H groups in total. The van der Waals surface area contributed by atoms with E-state index in [4.69, 9.17) is 0 Å². The van der Waals surface area contributed by atoms with Crippen LogP contribution >= 0.6 is 23.5 Å². The first kappa shape index (κ1) is 29.5. The van der Waals surface area contributed by atoms with Gasteiger partial charge in [0.25, 0.3) is 0 Å². The third-order valence-corrected chi connectivity index (χ3v) is 13.4. The van der Waals surface area contributed by atoms with Crippen LogP contribution in [0.3, 0.4) is 0 Å². The fraction of sp³-hybridized carbons (Fsp3) is 0. The maximum Gasteiger partial charge on any atom is 0.210 e. The summed E-state index contributed by atoms with van der Waals surface area (Å²) < 4.78 is 28.0. The van der Waals surface area contributed by atoms with E-state index in [1.54, 1.807) is 47.8 Å². The zero-order valence-corrected chi connectivity index (χ0v) is 28.9. The molecule has 0 aromatic heterocycles. The van der Waals surface area contributed by atoms with Crippen molar-refractivity contribution in [2.24, 2.45) is 0 Å². The number of nitrogens with zero attached hydrogens (tertiary/aromatic N) is 3. The minimum atomic E-state index is -3.73. The van der Waals surface area contributed by atoms with E-state index in [-0.39, 0.29) is 0 Å². The van der Waals surface area contributed by atoms with E-state index < -0.39 is 9.84 Å². The van der Waals surface area contributed by atoms with Gasteiger partial charge in [0.2, 0.25) is 9.84 Å². The van der Waals surface area contributed by atoms with E-state index in [9.17, 15) is 8.42 Å². The monoisotopic (exact) mass is 701 g/mol. The molecule has 0 unspecified atom stereocenters. The molecule has 3 aliphatic rings. The van der Waals surface area contributed by atoms with Gasteiger partial charge in [0, 0.05) is 19.6 Å². The summed E-state index contributed by atoms with van der Waals surface area (Å²) in [6.45, 7) is 0. The van der Waals surface area contributed by atoms with Crippen LogP contribution < -0.4 is 14.7 Å². The first-order valence-electron chi connectivity index (χ1n) is 16.3. The van der Waals surface area contributed by atoms with Crippen LogP contribution in [0.1, 0.15) is 0 Å². The first-order chi connectivity index (χ1) is 24.6. The molecule has 0 amide bonds. The fourth-order valence-corrected chi connectivity index (χ4v) is 10.9. The van der Waals surface area contributed by atoms with Crippen LogP contribution in [-0.4, -0.2) is 8.42 Å². The van der Waals surface area contributed by atoms with Crippen LogP contribution in [0.4, 0.5) is 51.2 Å². The lowest BCUT2D eigenvalue weighted by Gasteiger charge is -2.38. The van der Waals surface area contributed by atoms with Gasteiger partial charge in [-0.3, -0.25) is 0 Å². The molecule has 7 aromatic carbocycles. The normalized spacial score (nSPS) is 14.8. The summed E-state index contributed by atoms with van der Waals surface area (Å²) in [6, 6.07) is 55.3. The molecule has 0 bridgehead atoms. The first-order valence-corrected chi connectivity index (χ1v) is 19.4. The van der Waals surface area contributed by atoms with E-state index in [0.29, 0.717) is 21.2 Å². The van der Waals surface area contributed by atoms with Crippen LogP contribution in [0.2, 0.25) is 0 Å². The number of hydrogen-bond acceptors (Lipinski definition) is 7. The molecule has 10 rings (SSSR count). The highest BCUT2D eigenvalue weighted by atomic mass is 32.2. The SMILES string of the molecule is O=S1(=O)c2ccccc2N(c2cc(N3c4ccccc4Sc4ccccc43)cc(N3c4ccccc4Sc4ccccc43)c2)c2ccccc21. The minimum absolute atomic E-state index is 0.292. The molecule has 0 saturated heterocycles. The summed E-state index contributed by atoms with van der Waals surface area (Å²) in [4.78, 5) is 12.0. The second-order valence-corrected chi connectivity index (χ2v) is 16.3. The van der Waals surface area contributed by atoms with E-state index in [0.717, 1.165) is 39.8 Å². The molecule has 0 atom stereocenters. The summed E-state index contributed by atoms with van der Waals surface area (Å²) >= 11 is 3.55. The largest absolute Gasteiger partial charge is 0.308 e. The lowest BCUT2D eigenvalue weighted by molar-refractivity contribution is 0.595. The van der Waals surface area contributed by atoms with E-state index in [1.165, 1.54) is 19.6 Å². The molecule has 3 aliphatic heterocycles. The molecule has 240 valence electrons. The van der Waals surface area contributed by atoms with E-state index in [1.807, 2.05) is 24.3 Å². The number of benzene rings is 7. The smallest absolute Gasteiger partial charge is 0.210 e. The Hall–Kier alpha value is -5.41. The zero-order chi connectivity index (χ0) is 33.4. The van der Waals surface area contributed by atoms with Crippen LogP contribution in [0, 0.1) is 0 Å². The molecule has 0 saturated carbocycles. The average Bonchev–Trinajstić information content (AvgIpc) is 3.16. The van der Waals surface area contributed by atoms with E-state index in [2.05, 4.69) is 130 Å². The van der Waals surface area contributed by atoms with Gasteiger partial charge in [0.05, 0.1) is 61.0 Å². The topological polar surface area (TPSA) is 43.9 Å². The highest BCUT2D eigenvalue weighted by molar-refractivity contribution is 8.00. The van der Waals surface area contributed by atoms with Crippen molar-refractivity contribution < 1.29 is 8.42 Å². The summed E-state index contributed by atoms with van der Waals surface area (Å²) in [6.07, 6.45) is 0. The fourth-order valence-electron chi connectivity index (χ4n) is 7.20. The van der Waals surface area contributed by atoms with Gasteiger partial charge in [-0.25, -0.2) is 8.42 Å². The average molecular weight is 702 g/mol. The van der Waals surface area contributed by atoms with Gasteiger partial charge >= 0.3 is 0 Å². The number of para-hydroxylation sites is 6. The summed E-state index contributed by atoms with van der Waals surface area (Å²) in [5.74, 6) is 0. The van der Waals surface area contributed by atoms with Gasteiger partial charge < -0.3 is 14.7 Å². The molecule has 0 spiro atoms. The van der Waals surface area contributed by atoms with Crippen molar-refractivity contribution >= 4 is 84.5 Å². The number of fused-ring (bicyclic) bond motifs is 6. The molecule has 0 radical (unpaired) electrons. The molecular weight excluding hydrogens is 675 g/mol. The second kappa shape index (κ2) is 11.3.